The molecule has 3 aromatic carbocycles. The Bertz CT molecular complexity index is 1790. The lowest BCUT2D eigenvalue weighted by Gasteiger charge is -2.11. The quantitative estimate of drug-likeness (QED) is 0.155. The first kappa shape index (κ1) is 30.6. The Hall–Kier alpha value is -4.88. The number of nitrogens with zero attached hydrogens (tertiary/aromatic N) is 3. The minimum Gasteiger partial charge on any atom is -0.497 e. The highest BCUT2D eigenvalue weighted by molar-refractivity contribution is 8.00. The summed E-state index contributed by atoms with van der Waals surface area (Å²) in [5.74, 6) is 1.18. The zero-order valence-corrected chi connectivity index (χ0v) is 26.0. The number of carbonyl (C=O) groups excluding carboxylic acids is 1. The van der Waals surface area contributed by atoms with Crippen LogP contribution in [0.3, 0.4) is 0 Å². The van der Waals surface area contributed by atoms with Crippen LogP contribution in [0.1, 0.15) is 12.6 Å². The molecule has 0 fully saturated rings. The highest BCUT2D eigenvalue weighted by Gasteiger charge is 2.21. The van der Waals surface area contributed by atoms with E-state index in [1.807, 2.05) is 48.5 Å². The van der Waals surface area contributed by atoms with E-state index in [-0.39, 0.29) is 16.8 Å². The Morgan fingerprint density at radius 2 is 1.48 bits per heavy atom. The van der Waals surface area contributed by atoms with Crippen LogP contribution in [0.15, 0.2) is 95.1 Å². The van der Waals surface area contributed by atoms with Crippen molar-refractivity contribution in [3.05, 3.63) is 90.8 Å². The molecule has 13 heteroatoms. The molecule has 5 aromatic rings. The molecule has 1 unspecified atom stereocenters. The molecule has 2 heterocycles. The van der Waals surface area contributed by atoms with Crippen molar-refractivity contribution in [1.82, 2.24) is 19.9 Å². The average Bonchev–Trinajstić information content (AvgIpc) is 3.44. The second-order valence-corrected chi connectivity index (χ2v) is 12.6. The van der Waals surface area contributed by atoms with Crippen LogP contribution in [-0.2, 0) is 14.8 Å². The fourth-order valence-electron chi connectivity index (χ4n) is 4.19. The maximum atomic E-state index is 13.1. The zero-order chi connectivity index (χ0) is 31.3. The van der Waals surface area contributed by atoms with E-state index in [1.165, 1.54) is 42.2 Å². The van der Waals surface area contributed by atoms with Gasteiger partial charge in [-0.1, -0.05) is 11.8 Å². The highest BCUT2D eigenvalue weighted by atomic mass is 32.2. The lowest BCUT2D eigenvalue weighted by molar-refractivity contribution is -0.115. The van der Waals surface area contributed by atoms with Crippen molar-refractivity contribution >= 4 is 39.3 Å². The van der Waals surface area contributed by atoms with Crippen LogP contribution in [0.5, 0.6) is 11.5 Å². The van der Waals surface area contributed by atoms with Gasteiger partial charge in [0.15, 0.2) is 5.16 Å². The third kappa shape index (κ3) is 7.18. The van der Waals surface area contributed by atoms with Crippen LogP contribution in [-0.4, -0.2) is 53.7 Å². The number of rotatable bonds is 11. The smallest absolute Gasteiger partial charge is 0.264 e. The zero-order valence-electron chi connectivity index (χ0n) is 24.4. The number of benzene rings is 3. The number of aryl methyl sites for hydroxylation is 1. The normalized spacial score (nSPS) is 11.9. The number of methoxy groups -OCH3 is 2. The fraction of sp³-hybridized carbons (Fsp3) is 0.161. The molecule has 0 radical (unpaired) electrons. The third-order valence-corrected chi connectivity index (χ3v) is 8.86. The first-order valence-corrected chi connectivity index (χ1v) is 15.8. The Balaban J connectivity index is 1.30. The molecular formula is C31H30N6O5S2. The summed E-state index contributed by atoms with van der Waals surface area (Å²) in [4.78, 5) is 29.3. The molecule has 0 spiro atoms. The van der Waals surface area contributed by atoms with Gasteiger partial charge in [-0.3, -0.25) is 4.79 Å². The Labute approximate surface area is 259 Å². The van der Waals surface area contributed by atoms with Crippen LogP contribution in [0, 0.1) is 6.92 Å². The van der Waals surface area contributed by atoms with Gasteiger partial charge in [0.2, 0.25) is 11.9 Å². The van der Waals surface area contributed by atoms with Crippen molar-refractivity contribution in [3.63, 3.8) is 0 Å². The number of anilines is 2. The van der Waals surface area contributed by atoms with Gasteiger partial charge in [-0.2, -0.15) is 0 Å². The number of hydrogen-bond acceptors (Lipinski definition) is 9. The number of nitrogens with one attached hydrogen (secondary N) is 3. The molecule has 2 aromatic heterocycles. The van der Waals surface area contributed by atoms with E-state index in [9.17, 15) is 13.2 Å². The second-order valence-electron chi connectivity index (χ2n) is 9.62. The molecule has 1 amide bonds. The van der Waals surface area contributed by atoms with E-state index in [1.54, 1.807) is 34.1 Å². The van der Waals surface area contributed by atoms with Crippen molar-refractivity contribution in [3.8, 4) is 34.0 Å². The fourth-order valence-corrected chi connectivity index (χ4v) is 5.95. The number of aromatic nitrogens is 4. The van der Waals surface area contributed by atoms with Crippen molar-refractivity contribution in [2.24, 2.45) is 0 Å². The van der Waals surface area contributed by atoms with Crippen LogP contribution in [0.25, 0.3) is 22.5 Å². The average molecular weight is 631 g/mol. The Kier molecular flexibility index (Phi) is 9.16. The van der Waals surface area contributed by atoms with E-state index < -0.39 is 15.3 Å². The standard InChI is InChI=1S/C31H30N6O5S2/c1-19-17-18-32-30(33-19)37-44(39,40)26-15-9-23(10-16-26)34-29(38)20(2)43-31-35-27(21-5-11-24(41-3)12-6-21)28(36-31)22-7-13-25(42-4)14-8-22/h5-18,20H,1-4H3,(H,34,38)(H,35,36)(H,32,33,37). The summed E-state index contributed by atoms with van der Waals surface area (Å²) < 4.78 is 38.5. The van der Waals surface area contributed by atoms with Gasteiger partial charge in [0, 0.05) is 28.7 Å². The first-order valence-electron chi connectivity index (χ1n) is 13.4. The minimum absolute atomic E-state index is 0.00994. The molecule has 0 bridgehead atoms. The summed E-state index contributed by atoms with van der Waals surface area (Å²) in [6.45, 7) is 3.51. The summed E-state index contributed by atoms with van der Waals surface area (Å²) in [7, 11) is -0.676. The largest absolute Gasteiger partial charge is 0.497 e. The van der Waals surface area contributed by atoms with E-state index in [4.69, 9.17) is 14.5 Å². The van der Waals surface area contributed by atoms with Gasteiger partial charge >= 0.3 is 0 Å². The van der Waals surface area contributed by atoms with Gasteiger partial charge in [-0.25, -0.2) is 28.1 Å². The molecule has 0 saturated carbocycles. The summed E-state index contributed by atoms with van der Waals surface area (Å²) in [5.41, 5.74) is 4.40. The summed E-state index contributed by atoms with van der Waals surface area (Å²) in [6.07, 6.45) is 1.47. The van der Waals surface area contributed by atoms with Crippen molar-refractivity contribution in [2.75, 3.05) is 24.3 Å². The number of thioether (sulfide) groups is 1. The lowest BCUT2D eigenvalue weighted by Crippen LogP contribution is -2.22. The summed E-state index contributed by atoms with van der Waals surface area (Å²) in [5, 5.41) is 2.87. The number of ether oxygens (including phenoxy) is 2. The number of H-pyrrole nitrogens is 1. The van der Waals surface area contributed by atoms with Crippen LogP contribution < -0.4 is 19.5 Å². The second kappa shape index (κ2) is 13.2. The van der Waals surface area contributed by atoms with Crippen LogP contribution in [0.4, 0.5) is 11.6 Å². The van der Waals surface area contributed by atoms with E-state index in [0.29, 0.717) is 16.5 Å². The van der Waals surface area contributed by atoms with Gasteiger partial charge in [0.25, 0.3) is 10.0 Å². The van der Waals surface area contributed by atoms with Crippen LogP contribution in [0.2, 0.25) is 0 Å². The predicted octanol–water partition coefficient (Wildman–Crippen LogP) is 5.78. The number of hydrogen-bond donors (Lipinski definition) is 3. The summed E-state index contributed by atoms with van der Waals surface area (Å²) in [6, 6.07) is 22.8. The van der Waals surface area contributed by atoms with Crippen molar-refractivity contribution in [1.29, 1.82) is 0 Å². The number of amides is 1. The SMILES string of the molecule is COc1ccc(-c2nc(SC(C)C(=O)Nc3ccc(S(=O)(=O)Nc4nccc(C)n4)cc3)[nH]c2-c2ccc(OC)cc2)cc1. The van der Waals surface area contributed by atoms with Gasteiger partial charge in [-0.15, -0.1) is 0 Å². The lowest BCUT2D eigenvalue weighted by atomic mass is 10.0. The van der Waals surface area contributed by atoms with Gasteiger partial charge in [0.05, 0.1) is 35.8 Å². The number of aromatic amines is 1. The highest BCUT2D eigenvalue weighted by Crippen LogP contribution is 2.35. The van der Waals surface area contributed by atoms with Crippen molar-refractivity contribution < 1.29 is 22.7 Å². The van der Waals surface area contributed by atoms with E-state index in [0.717, 1.165) is 34.0 Å². The molecule has 0 aliphatic rings. The maximum Gasteiger partial charge on any atom is 0.264 e. The third-order valence-electron chi connectivity index (χ3n) is 6.53. The van der Waals surface area contributed by atoms with E-state index in [2.05, 4.69) is 25.0 Å². The maximum absolute atomic E-state index is 13.1. The molecule has 1 atom stereocenters. The molecule has 3 N–H and O–H groups in total. The number of imidazole rings is 1. The topological polar surface area (TPSA) is 148 Å². The monoisotopic (exact) mass is 630 g/mol. The molecule has 0 aliphatic heterocycles. The molecule has 0 aliphatic carbocycles. The van der Waals surface area contributed by atoms with E-state index >= 15 is 0 Å². The predicted molar refractivity (Wildman–Crippen MR) is 171 cm³/mol. The molecule has 226 valence electrons. The molecule has 44 heavy (non-hydrogen) atoms. The molecule has 5 rings (SSSR count). The van der Waals surface area contributed by atoms with Crippen LogP contribution >= 0.6 is 11.8 Å². The van der Waals surface area contributed by atoms with Gasteiger partial charge in [-0.05, 0) is 92.7 Å². The van der Waals surface area contributed by atoms with Gasteiger partial charge < -0.3 is 19.8 Å². The summed E-state index contributed by atoms with van der Waals surface area (Å²) >= 11 is 1.27. The molecule has 11 nitrogen and oxygen atoms in total. The number of carbonyl (C=O) groups is 1. The van der Waals surface area contributed by atoms with Gasteiger partial charge in [0.1, 0.15) is 11.5 Å². The molecule has 0 saturated heterocycles. The molecular weight excluding hydrogens is 601 g/mol. The van der Waals surface area contributed by atoms with Crippen molar-refractivity contribution in [2.45, 2.75) is 29.1 Å². The number of sulfonamides is 1. The first-order chi connectivity index (χ1) is 21.1. The Morgan fingerprint density at radius 1 is 0.864 bits per heavy atom. The Morgan fingerprint density at radius 3 is 2.07 bits per heavy atom. The minimum atomic E-state index is -3.91.